The van der Waals surface area contributed by atoms with Crippen LogP contribution in [0.2, 0.25) is 0 Å². The van der Waals surface area contributed by atoms with Gasteiger partial charge in [-0.15, -0.1) is 23.1 Å². The van der Waals surface area contributed by atoms with Crippen LogP contribution in [0.5, 0.6) is 5.75 Å². The summed E-state index contributed by atoms with van der Waals surface area (Å²) in [4.78, 5) is 13.8. The zero-order valence-corrected chi connectivity index (χ0v) is 19.1. The number of para-hydroxylation sites is 2. The van der Waals surface area contributed by atoms with E-state index in [2.05, 4.69) is 10.6 Å². The number of thioether (sulfide) groups is 1. The van der Waals surface area contributed by atoms with E-state index < -0.39 is 5.91 Å². The molecule has 1 heterocycles. The molecule has 0 saturated carbocycles. The van der Waals surface area contributed by atoms with Crippen molar-refractivity contribution in [1.82, 2.24) is 5.32 Å². The highest BCUT2D eigenvalue weighted by atomic mass is 32.2. The lowest BCUT2D eigenvalue weighted by molar-refractivity contribution is -0.117. The molecule has 0 bridgehead atoms. The SMILES string of the molecule is CCOc1ccccc1N/C(SCc1cccc(F)c1)=C(/C#N)C(=O)NCc1cccs1. The van der Waals surface area contributed by atoms with Gasteiger partial charge in [-0.2, -0.15) is 5.26 Å². The van der Waals surface area contributed by atoms with Crippen molar-refractivity contribution in [2.45, 2.75) is 19.2 Å². The number of thiophene rings is 1. The number of carbonyl (C=O) groups excluding carboxylic acids is 1. The molecule has 8 heteroatoms. The Morgan fingerprint density at radius 3 is 2.75 bits per heavy atom. The number of halogens is 1. The van der Waals surface area contributed by atoms with E-state index in [1.54, 1.807) is 12.1 Å². The number of nitrogens with one attached hydrogen (secondary N) is 2. The van der Waals surface area contributed by atoms with Gasteiger partial charge in [0.05, 0.1) is 23.9 Å². The van der Waals surface area contributed by atoms with Crippen molar-refractivity contribution in [3.8, 4) is 11.8 Å². The van der Waals surface area contributed by atoms with Crippen molar-refractivity contribution in [3.63, 3.8) is 0 Å². The van der Waals surface area contributed by atoms with Crippen LogP contribution in [0.25, 0.3) is 0 Å². The van der Waals surface area contributed by atoms with E-state index in [4.69, 9.17) is 4.74 Å². The zero-order chi connectivity index (χ0) is 22.8. The number of nitriles is 1. The van der Waals surface area contributed by atoms with Crippen molar-refractivity contribution in [1.29, 1.82) is 5.26 Å². The van der Waals surface area contributed by atoms with Crippen molar-refractivity contribution in [2.24, 2.45) is 0 Å². The molecule has 1 amide bonds. The minimum Gasteiger partial charge on any atom is -0.492 e. The normalized spacial score (nSPS) is 11.3. The van der Waals surface area contributed by atoms with E-state index in [9.17, 15) is 14.4 Å². The minimum atomic E-state index is -0.482. The number of benzene rings is 2. The minimum absolute atomic E-state index is 0.0470. The number of carbonyl (C=O) groups is 1. The summed E-state index contributed by atoms with van der Waals surface area (Å²) in [6.45, 7) is 2.69. The van der Waals surface area contributed by atoms with Gasteiger partial charge in [-0.25, -0.2) is 4.39 Å². The van der Waals surface area contributed by atoms with E-state index >= 15 is 0 Å². The number of ether oxygens (including phenoxy) is 1. The highest BCUT2D eigenvalue weighted by Gasteiger charge is 2.18. The third-order valence-electron chi connectivity index (χ3n) is 4.28. The molecule has 0 aliphatic heterocycles. The summed E-state index contributed by atoms with van der Waals surface area (Å²) in [5.41, 5.74) is 1.33. The maximum Gasteiger partial charge on any atom is 0.264 e. The van der Waals surface area contributed by atoms with Gasteiger partial charge in [0.25, 0.3) is 5.91 Å². The van der Waals surface area contributed by atoms with Crippen molar-refractivity contribution < 1.29 is 13.9 Å². The molecule has 3 rings (SSSR count). The number of nitrogens with zero attached hydrogens (tertiary/aromatic N) is 1. The fourth-order valence-corrected chi connectivity index (χ4v) is 4.40. The molecule has 0 radical (unpaired) electrons. The quantitative estimate of drug-likeness (QED) is 0.296. The van der Waals surface area contributed by atoms with Gasteiger partial charge >= 0.3 is 0 Å². The Morgan fingerprint density at radius 2 is 2.03 bits per heavy atom. The van der Waals surface area contributed by atoms with Crippen molar-refractivity contribution in [2.75, 3.05) is 11.9 Å². The molecule has 2 N–H and O–H groups in total. The summed E-state index contributed by atoms with van der Waals surface area (Å²) in [6, 6.07) is 19.4. The Hall–Kier alpha value is -3.28. The van der Waals surface area contributed by atoms with Gasteiger partial charge in [-0.3, -0.25) is 4.79 Å². The lowest BCUT2D eigenvalue weighted by Crippen LogP contribution is -2.25. The molecule has 5 nitrogen and oxygen atoms in total. The molecule has 1 aromatic heterocycles. The second kappa shape index (κ2) is 11.9. The Bertz CT molecular complexity index is 1120. The van der Waals surface area contributed by atoms with Crippen LogP contribution in [-0.2, 0) is 17.1 Å². The van der Waals surface area contributed by atoms with Crippen LogP contribution >= 0.6 is 23.1 Å². The van der Waals surface area contributed by atoms with Crippen LogP contribution in [0, 0.1) is 17.1 Å². The van der Waals surface area contributed by atoms with Crippen LogP contribution < -0.4 is 15.4 Å². The summed E-state index contributed by atoms with van der Waals surface area (Å²) in [6.07, 6.45) is 0. The second-order valence-electron chi connectivity index (χ2n) is 6.55. The monoisotopic (exact) mass is 467 g/mol. The van der Waals surface area contributed by atoms with Crippen LogP contribution in [0.3, 0.4) is 0 Å². The first-order valence-corrected chi connectivity index (χ1v) is 11.8. The molecule has 0 unspecified atom stereocenters. The van der Waals surface area contributed by atoms with Gasteiger partial charge in [0.15, 0.2) is 0 Å². The second-order valence-corrected chi connectivity index (χ2v) is 8.57. The molecule has 0 atom stereocenters. The number of hydrogen-bond acceptors (Lipinski definition) is 6. The molecule has 0 spiro atoms. The van der Waals surface area contributed by atoms with Gasteiger partial charge in [0.1, 0.15) is 23.2 Å². The van der Waals surface area contributed by atoms with Gasteiger partial charge in [0.2, 0.25) is 0 Å². The zero-order valence-electron chi connectivity index (χ0n) is 17.4. The standard InChI is InChI=1S/C24H22FN3O2S2/c1-2-30-22-11-4-3-10-21(22)28-24(32-16-17-7-5-8-18(25)13-17)20(14-26)23(29)27-15-19-9-6-12-31-19/h3-13,28H,2,15-16H2,1H3,(H,27,29)/b24-20+. The Morgan fingerprint density at radius 1 is 1.19 bits per heavy atom. The van der Waals surface area contributed by atoms with Gasteiger partial charge in [-0.05, 0) is 48.2 Å². The number of anilines is 1. The molecule has 2 aromatic carbocycles. The maximum atomic E-state index is 13.6. The Kier molecular flexibility index (Phi) is 8.72. The summed E-state index contributed by atoms with van der Waals surface area (Å²) in [7, 11) is 0. The van der Waals surface area contributed by atoms with Crippen LogP contribution in [-0.4, -0.2) is 12.5 Å². The fourth-order valence-electron chi connectivity index (χ4n) is 2.80. The summed E-state index contributed by atoms with van der Waals surface area (Å²) < 4.78 is 19.3. The number of amides is 1. The van der Waals surface area contributed by atoms with Gasteiger partial charge in [-0.1, -0.05) is 30.3 Å². The average Bonchev–Trinajstić information content (AvgIpc) is 3.31. The lowest BCUT2D eigenvalue weighted by Gasteiger charge is -2.16. The third-order valence-corrected chi connectivity index (χ3v) is 6.23. The van der Waals surface area contributed by atoms with Crippen LogP contribution in [0.4, 0.5) is 10.1 Å². The Balaban J connectivity index is 1.88. The maximum absolute atomic E-state index is 13.6. The summed E-state index contributed by atoms with van der Waals surface area (Å²) in [5, 5.41) is 18.1. The van der Waals surface area contributed by atoms with Crippen LogP contribution in [0.15, 0.2) is 76.6 Å². The van der Waals surface area contributed by atoms with E-state index in [1.807, 2.05) is 54.8 Å². The molecule has 0 fully saturated rings. The van der Waals surface area contributed by atoms with Crippen LogP contribution in [0.1, 0.15) is 17.4 Å². The Labute approximate surface area is 194 Å². The lowest BCUT2D eigenvalue weighted by atomic mass is 10.2. The summed E-state index contributed by atoms with van der Waals surface area (Å²) in [5.74, 6) is 0.164. The molecule has 0 aliphatic rings. The van der Waals surface area contributed by atoms with E-state index in [1.165, 1.54) is 35.2 Å². The first kappa shape index (κ1) is 23.4. The van der Waals surface area contributed by atoms with E-state index in [-0.39, 0.29) is 11.4 Å². The summed E-state index contributed by atoms with van der Waals surface area (Å²) >= 11 is 2.78. The van der Waals surface area contributed by atoms with E-state index in [0.717, 1.165) is 10.4 Å². The van der Waals surface area contributed by atoms with Crippen molar-refractivity contribution in [3.05, 3.63) is 92.9 Å². The average molecular weight is 468 g/mol. The first-order chi connectivity index (χ1) is 15.6. The molecule has 0 saturated heterocycles. The highest BCUT2D eigenvalue weighted by Crippen LogP contribution is 2.31. The van der Waals surface area contributed by atoms with E-state index in [0.29, 0.717) is 35.4 Å². The predicted octanol–water partition coefficient (Wildman–Crippen LogP) is 5.68. The topological polar surface area (TPSA) is 74.1 Å². The molecule has 32 heavy (non-hydrogen) atoms. The highest BCUT2D eigenvalue weighted by molar-refractivity contribution is 8.02. The van der Waals surface area contributed by atoms with Gasteiger partial charge < -0.3 is 15.4 Å². The van der Waals surface area contributed by atoms with Crippen molar-refractivity contribution >= 4 is 34.7 Å². The number of hydrogen-bond donors (Lipinski definition) is 2. The molecular formula is C24H22FN3O2S2. The largest absolute Gasteiger partial charge is 0.492 e. The fraction of sp³-hybridized carbons (Fsp3) is 0.167. The third kappa shape index (κ3) is 6.61. The molecule has 0 aliphatic carbocycles. The first-order valence-electron chi connectivity index (χ1n) is 9.91. The molecular weight excluding hydrogens is 445 g/mol. The van der Waals surface area contributed by atoms with Gasteiger partial charge in [0, 0.05) is 10.6 Å². The molecule has 3 aromatic rings. The smallest absolute Gasteiger partial charge is 0.264 e. The molecule has 164 valence electrons. The number of rotatable bonds is 10. The predicted molar refractivity (Wildman–Crippen MR) is 128 cm³/mol.